The number of aliphatic hydroxyl groups is 1. The van der Waals surface area contributed by atoms with Gasteiger partial charge in [-0.05, 0) is 5.92 Å². The summed E-state index contributed by atoms with van der Waals surface area (Å²) in [6.07, 6.45) is 0.824. The molecule has 7 heteroatoms. The lowest BCUT2D eigenvalue weighted by atomic mass is 10.2. The van der Waals surface area contributed by atoms with Crippen molar-refractivity contribution in [3.8, 4) is 0 Å². The number of nitrogens with one attached hydrogen (secondary N) is 1. The van der Waals surface area contributed by atoms with Crippen molar-refractivity contribution in [2.45, 2.75) is 26.5 Å². The van der Waals surface area contributed by atoms with E-state index in [4.69, 9.17) is 16.3 Å². The van der Waals surface area contributed by atoms with Gasteiger partial charge in [-0.25, -0.2) is 4.68 Å². The zero-order valence-corrected chi connectivity index (χ0v) is 12.1. The third-order valence-electron chi connectivity index (χ3n) is 2.41. The summed E-state index contributed by atoms with van der Waals surface area (Å²) < 4.78 is 6.14. The molecule has 0 bridgehead atoms. The van der Waals surface area contributed by atoms with E-state index >= 15 is 0 Å². The van der Waals surface area contributed by atoms with Crippen molar-refractivity contribution in [3.63, 3.8) is 0 Å². The zero-order valence-electron chi connectivity index (χ0n) is 11.4. The van der Waals surface area contributed by atoms with Crippen LogP contribution in [0.25, 0.3) is 0 Å². The predicted molar refractivity (Wildman–Crippen MR) is 74.7 cm³/mol. The number of methoxy groups -OCH3 is 1. The van der Waals surface area contributed by atoms with Gasteiger partial charge in [0, 0.05) is 20.2 Å². The van der Waals surface area contributed by atoms with Gasteiger partial charge in [0.05, 0.1) is 24.6 Å². The molecule has 1 unspecified atom stereocenters. The second kappa shape index (κ2) is 7.47. The largest absolute Gasteiger partial charge is 0.389 e. The van der Waals surface area contributed by atoms with Crippen molar-refractivity contribution < 1.29 is 9.84 Å². The Balaban J connectivity index is 2.76. The minimum Gasteiger partial charge on any atom is -0.389 e. The molecule has 0 amide bonds. The molecule has 1 heterocycles. The molecule has 0 saturated carbocycles. The fourth-order valence-electron chi connectivity index (χ4n) is 1.54. The highest BCUT2D eigenvalue weighted by molar-refractivity contribution is 6.32. The first-order valence-corrected chi connectivity index (χ1v) is 6.50. The second-order valence-electron chi connectivity index (χ2n) is 4.74. The Morgan fingerprint density at radius 3 is 2.84 bits per heavy atom. The van der Waals surface area contributed by atoms with E-state index in [1.54, 1.807) is 0 Å². The maximum absolute atomic E-state index is 11.9. The zero-order chi connectivity index (χ0) is 14.4. The Bertz CT molecular complexity index is 462. The molecule has 0 aromatic carbocycles. The molecule has 1 aromatic rings. The van der Waals surface area contributed by atoms with Gasteiger partial charge in [-0.1, -0.05) is 25.4 Å². The summed E-state index contributed by atoms with van der Waals surface area (Å²) in [5.41, 5.74) is 0.0865. The number of ether oxygens (including phenoxy) is 1. The Kier molecular flexibility index (Phi) is 6.27. The minimum absolute atomic E-state index is 0.0836. The molecule has 108 valence electrons. The molecule has 0 saturated heterocycles. The maximum atomic E-state index is 11.9. The summed E-state index contributed by atoms with van der Waals surface area (Å²) >= 11 is 5.99. The monoisotopic (exact) mass is 289 g/mol. The Labute approximate surface area is 117 Å². The molecular weight excluding hydrogens is 270 g/mol. The fourth-order valence-corrected chi connectivity index (χ4v) is 1.76. The molecule has 0 aliphatic carbocycles. The summed E-state index contributed by atoms with van der Waals surface area (Å²) in [6.45, 7) is 4.96. The molecule has 0 aliphatic rings. The van der Waals surface area contributed by atoms with E-state index in [1.165, 1.54) is 18.0 Å². The van der Waals surface area contributed by atoms with Crippen molar-refractivity contribution >= 4 is 17.3 Å². The third-order valence-corrected chi connectivity index (χ3v) is 2.78. The van der Waals surface area contributed by atoms with Crippen molar-refractivity contribution in [2.75, 3.05) is 25.6 Å². The molecule has 1 rings (SSSR count). The normalized spacial score (nSPS) is 12.7. The Morgan fingerprint density at radius 1 is 1.58 bits per heavy atom. The van der Waals surface area contributed by atoms with E-state index in [1.807, 2.05) is 13.8 Å². The molecule has 0 aliphatic heterocycles. The molecule has 0 radical (unpaired) electrons. The Morgan fingerprint density at radius 2 is 2.26 bits per heavy atom. The van der Waals surface area contributed by atoms with Crippen LogP contribution < -0.4 is 10.9 Å². The van der Waals surface area contributed by atoms with E-state index in [2.05, 4.69) is 10.4 Å². The molecular formula is C12H20ClN3O3. The average molecular weight is 290 g/mol. The van der Waals surface area contributed by atoms with Gasteiger partial charge in [0.2, 0.25) is 0 Å². The van der Waals surface area contributed by atoms with Crippen molar-refractivity contribution in [3.05, 3.63) is 21.6 Å². The van der Waals surface area contributed by atoms with Gasteiger partial charge < -0.3 is 15.2 Å². The topological polar surface area (TPSA) is 76.4 Å². The van der Waals surface area contributed by atoms with E-state index in [9.17, 15) is 9.90 Å². The van der Waals surface area contributed by atoms with Gasteiger partial charge in [-0.2, -0.15) is 5.10 Å². The van der Waals surface area contributed by atoms with Crippen LogP contribution in [0.2, 0.25) is 5.02 Å². The predicted octanol–water partition coefficient (Wildman–Crippen LogP) is 0.972. The van der Waals surface area contributed by atoms with Crippen LogP contribution >= 0.6 is 11.6 Å². The van der Waals surface area contributed by atoms with Crippen LogP contribution in [0.3, 0.4) is 0 Å². The van der Waals surface area contributed by atoms with Crippen molar-refractivity contribution in [2.24, 2.45) is 5.92 Å². The van der Waals surface area contributed by atoms with Gasteiger partial charge in [0.15, 0.2) is 0 Å². The number of halogens is 1. The number of hydrogen-bond donors (Lipinski definition) is 2. The number of nitrogens with zero attached hydrogens (tertiary/aromatic N) is 2. The lowest BCUT2D eigenvalue weighted by Gasteiger charge is -2.14. The highest BCUT2D eigenvalue weighted by Crippen LogP contribution is 2.15. The number of rotatable bonds is 7. The summed E-state index contributed by atoms with van der Waals surface area (Å²) in [6, 6.07) is 0. The van der Waals surface area contributed by atoms with Crippen molar-refractivity contribution in [1.82, 2.24) is 9.78 Å². The lowest BCUT2D eigenvalue weighted by molar-refractivity contribution is 0.0727. The molecule has 2 N–H and O–H groups in total. The first-order chi connectivity index (χ1) is 8.95. The van der Waals surface area contributed by atoms with Gasteiger partial charge in [-0.3, -0.25) is 4.79 Å². The van der Waals surface area contributed by atoms with E-state index < -0.39 is 6.10 Å². The third kappa shape index (κ3) is 4.81. The highest BCUT2D eigenvalue weighted by Gasteiger charge is 2.11. The van der Waals surface area contributed by atoms with Crippen LogP contribution in [0.1, 0.15) is 13.8 Å². The molecule has 1 atom stereocenters. The van der Waals surface area contributed by atoms with Crippen LogP contribution in [0.15, 0.2) is 11.0 Å². The highest BCUT2D eigenvalue weighted by atomic mass is 35.5. The molecule has 1 aromatic heterocycles. The first-order valence-electron chi connectivity index (χ1n) is 6.12. The fraction of sp³-hybridized carbons (Fsp3) is 0.667. The summed E-state index contributed by atoms with van der Waals surface area (Å²) in [7, 11) is 1.50. The lowest BCUT2D eigenvalue weighted by Crippen LogP contribution is -2.28. The minimum atomic E-state index is -0.667. The average Bonchev–Trinajstić information content (AvgIpc) is 2.34. The van der Waals surface area contributed by atoms with Gasteiger partial charge in [0.1, 0.15) is 5.02 Å². The summed E-state index contributed by atoms with van der Waals surface area (Å²) in [5.74, 6) is 0.309. The summed E-state index contributed by atoms with van der Waals surface area (Å²) in [4.78, 5) is 11.9. The van der Waals surface area contributed by atoms with Crippen LogP contribution in [-0.2, 0) is 11.3 Å². The number of aromatic nitrogens is 2. The molecule has 0 fully saturated rings. The van der Waals surface area contributed by atoms with Gasteiger partial charge in [-0.15, -0.1) is 0 Å². The maximum Gasteiger partial charge on any atom is 0.287 e. The van der Waals surface area contributed by atoms with Gasteiger partial charge >= 0.3 is 0 Å². The SMILES string of the molecule is COCC(O)CNc1cnn(CC(C)C)c(=O)c1Cl. The number of hydrogen-bond acceptors (Lipinski definition) is 5. The molecule has 19 heavy (non-hydrogen) atoms. The van der Waals surface area contributed by atoms with Crippen LogP contribution in [0.4, 0.5) is 5.69 Å². The van der Waals surface area contributed by atoms with E-state index in [0.717, 1.165) is 0 Å². The Hall–Kier alpha value is -1.11. The standard InChI is InChI=1S/C12H20ClN3O3/c1-8(2)6-16-12(18)11(13)10(5-15-16)14-4-9(17)7-19-3/h5,8-9,14,17H,4,6-7H2,1-3H3. The number of aliphatic hydroxyl groups excluding tert-OH is 1. The number of anilines is 1. The second-order valence-corrected chi connectivity index (χ2v) is 5.12. The summed E-state index contributed by atoms with van der Waals surface area (Å²) in [5, 5.41) is 16.5. The van der Waals surface area contributed by atoms with Crippen LogP contribution in [-0.4, -0.2) is 41.3 Å². The van der Waals surface area contributed by atoms with Gasteiger partial charge in [0.25, 0.3) is 5.56 Å². The van der Waals surface area contributed by atoms with E-state index in [-0.39, 0.29) is 23.7 Å². The van der Waals surface area contributed by atoms with Crippen molar-refractivity contribution in [1.29, 1.82) is 0 Å². The smallest absolute Gasteiger partial charge is 0.287 e. The first kappa shape index (κ1) is 15.9. The van der Waals surface area contributed by atoms with Crippen LogP contribution in [0.5, 0.6) is 0 Å². The van der Waals surface area contributed by atoms with E-state index in [0.29, 0.717) is 18.2 Å². The molecule has 0 spiro atoms. The van der Waals surface area contributed by atoms with Crippen LogP contribution in [0, 0.1) is 5.92 Å². The molecule has 6 nitrogen and oxygen atoms in total. The quantitative estimate of drug-likeness (QED) is 0.782.